The fourth-order valence-corrected chi connectivity index (χ4v) is 2.36. The van der Waals surface area contributed by atoms with Crippen molar-refractivity contribution >= 4 is 23.0 Å². The van der Waals surface area contributed by atoms with E-state index >= 15 is 0 Å². The molecule has 0 aromatic carbocycles. The third-order valence-corrected chi connectivity index (χ3v) is 3.55. The minimum Gasteiger partial charge on any atom is -0.395 e. The topological polar surface area (TPSA) is 70.3 Å². The number of carbonyl (C=O) groups is 2. The summed E-state index contributed by atoms with van der Waals surface area (Å²) in [6, 6.07) is 7.00. The average Bonchev–Trinajstić information content (AvgIpc) is 2.99. The molecular weight excluding hydrogens is 276 g/mol. The van der Waals surface area contributed by atoms with Crippen LogP contribution in [0, 0.1) is 0 Å². The molecule has 20 heavy (non-hydrogen) atoms. The van der Waals surface area contributed by atoms with Crippen molar-refractivity contribution in [3.63, 3.8) is 0 Å². The number of rotatable bonds is 6. The fraction of sp³-hybridized carbons (Fsp3) is 0.214. The van der Waals surface area contributed by atoms with Gasteiger partial charge in [0.2, 0.25) is 12.3 Å². The lowest BCUT2D eigenvalue weighted by atomic mass is 10.2. The number of amides is 1. The van der Waals surface area contributed by atoms with Gasteiger partial charge in [0.05, 0.1) is 11.5 Å². The van der Waals surface area contributed by atoms with E-state index < -0.39 is 0 Å². The van der Waals surface area contributed by atoms with E-state index in [0.717, 1.165) is 0 Å². The Labute approximate surface area is 120 Å². The highest BCUT2D eigenvalue weighted by Crippen LogP contribution is 2.09. The Kier molecular flexibility index (Phi) is 4.97. The molecule has 2 aromatic heterocycles. The first kappa shape index (κ1) is 14.4. The number of carbonyl (C=O) groups excluding carboxylic acids is 2. The molecule has 0 radical (unpaired) electrons. The summed E-state index contributed by atoms with van der Waals surface area (Å²) in [6.45, 7) is 0.304. The Morgan fingerprint density at radius 3 is 2.85 bits per heavy atom. The van der Waals surface area contributed by atoms with Crippen LogP contribution in [0.2, 0.25) is 0 Å². The van der Waals surface area contributed by atoms with Crippen LogP contribution in [0.15, 0.2) is 42.0 Å². The SMILES string of the molecule is O=C(NCCO)c1ccc[n+](CC(=O)c2cccs2)c1. The van der Waals surface area contributed by atoms with Gasteiger partial charge in [0.25, 0.3) is 5.91 Å². The first-order chi connectivity index (χ1) is 9.70. The van der Waals surface area contributed by atoms with E-state index in [2.05, 4.69) is 5.32 Å². The first-order valence-corrected chi connectivity index (χ1v) is 7.03. The third-order valence-electron chi connectivity index (χ3n) is 2.64. The van der Waals surface area contributed by atoms with Gasteiger partial charge >= 0.3 is 0 Å². The largest absolute Gasteiger partial charge is 0.395 e. The van der Waals surface area contributed by atoms with Gasteiger partial charge in [-0.1, -0.05) is 6.07 Å². The fourth-order valence-electron chi connectivity index (χ4n) is 1.71. The number of nitrogens with zero attached hydrogens (tertiary/aromatic N) is 1. The molecule has 0 aliphatic carbocycles. The second-order valence-electron chi connectivity index (χ2n) is 4.14. The van der Waals surface area contributed by atoms with Crippen LogP contribution in [0.4, 0.5) is 0 Å². The normalized spacial score (nSPS) is 10.2. The first-order valence-electron chi connectivity index (χ1n) is 6.15. The van der Waals surface area contributed by atoms with Crippen LogP contribution in [0.1, 0.15) is 20.0 Å². The molecule has 2 rings (SSSR count). The Hall–Kier alpha value is -2.05. The molecule has 2 aromatic rings. The maximum absolute atomic E-state index is 12.0. The Balaban J connectivity index is 2.06. The second kappa shape index (κ2) is 6.93. The van der Waals surface area contributed by atoms with Gasteiger partial charge in [-0.3, -0.25) is 9.59 Å². The van der Waals surface area contributed by atoms with E-state index in [1.807, 2.05) is 11.4 Å². The lowest BCUT2D eigenvalue weighted by Gasteiger charge is -2.02. The molecule has 0 aliphatic heterocycles. The molecule has 0 fully saturated rings. The zero-order valence-electron chi connectivity index (χ0n) is 10.8. The quantitative estimate of drug-likeness (QED) is 0.606. The summed E-state index contributed by atoms with van der Waals surface area (Å²) in [5.41, 5.74) is 0.458. The second-order valence-corrected chi connectivity index (χ2v) is 5.09. The number of ketones is 1. The zero-order valence-corrected chi connectivity index (χ0v) is 11.6. The van der Waals surface area contributed by atoms with Crippen molar-refractivity contribution in [2.24, 2.45) is 0 Å². The van der Waals surface area contributed by atoms with Gasteiger partial charge in [-0.25, -0.2) is 0 Å². The summed E-state index contributed by atoms with van der Waals surface area (Å²) in [5.74, 6) is -0.255. The summed E-state index contributed by atoms with van der Waals surface area (Å²) in [7, 11) is 0. The van der Waals surface area contributed by atoms with Crippen LogP contribution in [0.3, 0.4) is 0 Å². The molecular formula is C14H15N2O3S+. The van der Waals surface area contributed by atoms with Gasteiger partial charge in [0.15, 0.2) is 12.4 Å². The standard InChI is InChI=1S/C14H14N2O3S/c17-7-5-15-14(19)11-3-1-6-16(9-11)10-12(18)13-4-2-8-20-13/h1-4,6,8-9,17H,5,7,10H2/p+1. The van der Waals surface area contributed by atoms with E-state index in [-0.39, 0.29) is 31.4 Å². The number of aromatic nitrogens is 1. The molecule has 0 saturated heterocycles. The molecule has 6 heteroatoms. The molecule has 0 atom stereocenters. The molecule has 2 heterocycles. The summed E-state index contributed by atoms with van der Waals surface area (Å²) in [4.78, 5) is 24.4. The predicted molar refractivity (Wildman–Crippen MR) is 74.7 cm³/mol. The summed E-state index contributed by atoms with van der Waals surface area (Å²) < 4.78 is 1.68. The van der Waals surface area contributed by atoms with Gasteiger partial charge < -0.3 is 10.4 Å². The van der Waals surface area contributed by atoms with Crippen molar-refractivity contribution in [2.75, 3.05) is 13.2 Å². The number of hydrogen-bond acceptors (Lipinski definition) is 4. The molecule has 0 spiro atoms. The van der Waals surface area contributed by atoms with Crippen molar-refractivity contribution < 1.29 is 19.3 Å². The predicted octanol–water partition coefficient (Wildman–Crippen LogP) is 0.641. The van der Waals surface area contributed by atoms with E-state index in [4.69, 9.17) is 5.11 Å². The number of thiophene rings is 1. The van der Waals surface area contributed by atoms with Crippen LogP contribution in [-0.4, -0.2) is 29.9 Å². The smallest absolute Gasteiger partial charge is 0.257 e. The zero-order chi connectivity index (χ0) is 14.4. The summed E-state index contributed by atoms with van der Waals surface area (Å²) >= 11 is 1.40. The highest BCUT2D eigenvalue weighted by molar-refractivity contribution is 7.12. The third kappa shape index (κ3) is 3.72. The van der Waals surface area contributed by atoms with Crippen molar-refractivity contribution in [3.8, 4) is 0 Å². The van der Waals surface area contributed by atoms with Crippen molar-refractivity contribution in [3.05, 3.63) is 52.5 Å². The van der Waals surface area contributed by atoms with Gasteiger partial charge in [-0.15, -0.1) is 11.3 Å². The molecule has 0 unspecified atom stereocenters. The highest BCUT2D eigenvalue weighted by atomic mass is 32.1. The summed E-state index contributed by atoms with van der Waals surface area (Å²) in [5, 5.41) is 13.1. The Bertz CT molecular complexity index is 596. The van der Waals surface area contributed by atoms with Crippen LogP contribution >= 0.6 is 11.3 Å². The van der Waals surface area contributed by atoms with Gasteiger partial charge in [-0.2, -0.15) is 4.57 Å². The van der Waals surface area contributed by atoms with Crippen molar-refractivity contribution in [1.29, 1.82) is 0 Å². The van der Waals surface area contributed by atoms with Crippen molar-refractivity contribution in [1.82, 2.24) is 5.32 Å². The molecule has 104 valence electrons. The lowest BCUT2D eigenvalue weighted by molar-refractivity contribution is -0.683. The van der Waals surface area contributed by atoms with Crippen LogP contribution < -0.4 is 9.88 Å². The van der Waals surface area contributed by atoms with E-state index in [1.54, 1.807) is 35.2 Å². The van der Waals surface area contributed by atoms with Crippen LogP contribution in [0.5, 0.6) is 0 Å². The van der Waals surface area contributed by atoms with Crippen LogP contribution in [-0.2, 0) is 6.54 Å². The number of Topliss-reactive ketones (excluding diaryl/α,β-unsaturated/α-hetero) is 1. The molecule has 0 saturated carbocycles. The maximum Gasteiger partial charge on any atom is 0.257 e. The van der Waals surface area contributed by atoms with E-state index in [9.17, 15) is 9.59 Å². The molecule has 0 bridgehead atoms. The van der Waals surface area contributed by atoms with Crippen molar-refractivity contribution in [2.45, 2.75) is 6.54 Å². The molecule has 2 N–H and O–H groups in total. The monoisotopic (exact) mass is 291 g/mol. The van der Waals surface area contributed by atoms with Gasteiger partial charge in [0.1, 0.15) is 5.56 Å². The minimum absolute atomic E-state index is 0.0120. The minimum atomic E-state index is -0.267. The van der Waals surface area contributed by atoms with E-state index in [0.29, 0.717) is 10.4 Å². The maximum atomic E-state index is 12.0. The summed E-state index contributed by atoms with van der Waals surface area (Å²) in [6.07, 6.45) is 3.37. The van der Waals surface area contributed by atoms with Crippen LogP contribution in [0.25, 0.3) is 0 Å². The van der Waals surface area contributed by atoms with E-state index in [1.165, 1.54) is 11.3 Å². The Morgan fingerprint density at radius 1 is 1.30 bits per heavy atom. The number of nitrogens with one attached hydrogen (secondary N) is 1. The van der Waals surface area contributed by atoms with Gasteiger partial charge in [-0.05, 0) is 17.5 Å². The highest BCUT2D eigenvalue weighted by Gasteiger charge is 2.15. The average molecular weight is 291 g/mol. The number of aliphatic hydroxyl groups is 1. The molecule has 5 nitrogen and oxygen atoms in total. The lowest BCUT2D eigenvalue weighted by Crippen LogP contribution is -2.39. The Morgan fingerprint density at radius 2 is 2.15 bits per heavy atom. The number of aliphatic hydroxyl groups excluding tert-OH is 1. The number of hydrogen-bond donors (Lipinski definition) is 2. The molecule has 1 amide bonds. The van der Waals surface area contributed by atoms with Gasteiger partial charge in [0, 0.05) is 12.6 Å². The molecule has 0 aliphatic rings. The number of pyridine rings is 1.